The van der Waals surface area contributed by atoms with Gasteiger partial charge in [0.1, 0.15) is 10.5 Å². The molecule has 1 atom stereocenters. The first kappa shape index (κ1) is 14.0. The number of pyridine rings is 1. The summed E-state index contributed by atoms with van der Waals surface area (Å²) in [6.07, 6.45) is 1.96. The van der Waals surface area contributed by atoms with Crippen LogP contribution >= 0.6 is 11.3 Å². The van der Waals surface area contributed by atoms with E-state index in [0.29, 0.717) is 4.88 Å². The minimum absolute atomic E-state index is 0.0301. The maximum Gasteiger partial charge on any atom is 0.261 e. The summed E-state index contributed by atoms with van der Waals surface area (Å²) in [4.78, 5) is 18.6. The zero-order valence-corrected chi connectivity index (χ0v) is 13.4. The van der Waals surface area contributed by atoms with Crippen LogP contribution in [0.5, 0.6) is 0 Å². The second-order valence-corrected chi connectivity index (χ2v) is 6.48. The Morgan fingerprint density at radius 2 is 1.96 bits per heavy atom. The molecule has 3 aromatic heterocycles. The highest BCUT2D eigenvalue weighted by molar-refractivity contribution is 7.20. The number of rotatable bonds is 3. The smallest absolute Gasteiger partial charge is 0.261 e. The third-order valence-corrected chi connectivity index (χ3v) is 4.90. The van der Waals surface area contributed by atoms with Gasteiger partial charge in [-0.1, -0.05) is 36.4 Å². The molecule has 0 bridgehead atoms. The maximum absolute atomic E-state index is 12.5. The fourth-order valence-corrected chi connectivity index (χ4v) is 3.59. The molecule has 3 heterocycles. The van der Waals surface area contributed by atoms with E-state index in [9.17, 15) is 4.79 Å². The number of nitrogens with one attached hydrogen (secondary N) is 1. The number of carbonyl (C=O) groups excluding carboxylic acids is 1. The van der Waals surface area contributed by atoms with Gasteiger partial charge in [0.2, 0.25) is 0 Å². The summed E-state index contributed by atoms with van der Waals surface area (Å²) in [5.74, 6) is -0.0611. The van der Waals surface area contributed by atoms with Crippen LogP contribution in [0.25, 0.3) is 16.0 Å². The molecular weight excluding hydrogens is 306 g/mol. The molecule has 0 aliphatic rings. The van der Waals surface area contributed by atoms with Crippen LogP contribution in [0.3, 0.4) is 0 Å². The first-order chi connectivity index (χ1) is 11.2. The molecule has 1 amide bonds. The molecule has 0 saturated carbocycles. The Hall–Kier alpha value is -2.66. The average Bonchev–Trinajstić information content (AvgIpc) is 3.13. The largest absolute Gasteiger partial charge is 0.345 e. The molecule has 114 valence electrons. The van der Waals surface area contributed by atoms with Gasteiger partial charge >= 0.3 is 0 Å². The fourth-order valence-electron chi connectivity index (χ4n) is 2.66. The fraction of sp³-hybridized carbons (Fsp3) is 0.111. The van der Waals surface area contributed by atoms with Gasteiger partial charge in [-0.3, -0.25) is 9.20 Å². The van der Waals surface area contributed by atoms with Gasteiger partial charge in [-0.05, 0) is 30.7 Å². The van der Waals surface area contributed by atoms with Crippen molar-refractivity contribution in [1.82, 2.24) is 14.7 Å². The van der Waals surface area contributed by atoms with Gasteiger partial charge in [0, 0.05) is 6.20 Å². The van der Waals surface area contributed by atoms with Crippen LogP contribution in [-0.2, 0) is 0 Å². The zero-order chi connectivity index (χ0) is 15.8. The molecule has 0 saturated heterocycles. The number of carbonyl (C=O) groups is 1. The molecular formula is C18H15N3OS. The Morgan fingerprint density at radius 3 is 2.78 bits per heavy atom. The molecule has 1 N–H and O–H groups in total. The Morgan fingerprint density at radius 1 is 1.17 bits per heavy atom. The van der Waals surface area contributed by atoms with Gasteiger partial charge in [-0.15, -0.1) is 11.3 Å². The molecule has 0 aliphatic carbocycles. The van der Waals surface area contributed by atoms with Crippen LogP contribution in [0, 0.1) is 0 Å². The van der Waals surface area contributed by atoms with Crippen molar-refractivity contribution in [2.24, 2.45) is 0 Å². The van der Waals surface area contributed by atoms with Crippen LogP contribution in [0.1, 0.15) is 28.2 Å². The van der Waals surface area contributed by atoms with Crippen LogP contribution in [0.15, 0.2) is 60.8 Å². The summed E-state index contributed by atoms with van der Waals surface area (Å²) in [5, 5.41) is 3.05. The predicted molar refractivity (Wildman–Crippen MR) is 92.9 cm³/mol. The quantitative estimate of drug-likeness (QED) is 0.619. The number of thiophene rings is 1. The molecule has 1 aromatic carbocycles. The van der Waals surface area contributed by atoms with Gasteiger partial charge in [0.15, 0.2) is 0 Å². The average molecular weight is 321 g/mol. The minimum atomic E-state index is -0.0611. The van der Waals surface area contributed by atoms with Crippen molar-refractivity contribution in [2.75, 3.05) is 0 Å². The van der Waals surface area contributed by atoms with Crippen molar-refractivity contribution in [3.8, 4) is 0 Å². The second-order valence-electron chi connectivity index (χ2n) is 5.45. The molecule has 4 aromatic rings. The predicted octanol–water partition coefficient (Wildman–Crippen LogP) is 4.04. The number of hydrogen-bond acceptors (Lipinski definition) is 3. The van der Waals surface area contributed by atoms with E-state index >= 15 is 0 Å². The first-order valence-corrected chi connectivity index (χ1v) is 8.26. The van der Waals surface area contributed by atoms with Gasteiger partial charge < -0.3 is 5.32 Å². The molecule has 4 nitrogen and oxygen atoms in total. The van der Waals surface area contributed by atoms with E-state index in [4.69, 9.17) is 0 Å². The highest BCUT2D eigenvalue weighted by atomic mass is 32.1. The van der Waals surface area contributed by atoms with Crippen molar-refractivity contribution in [2.45, 2.75) is 13.0 Å². The molecule has 1 unspecified atom stereocenters. The number of benzene rings is 1. The van der Waals surface area contributed by atoms with Crippen LogP contribution in [0.4, 0.5) is 0 Å². The third-order valence-electron chi connectivity index (χ3n) is 3.88. The Bertz CT molecular complexity index is 987. The third kappa shape index (κ3) is 2.49. The van der Waals surface area contributed by atoms with Crippen LogP contribution in [-0.4, -0.2) is 15.3 Å². The first-order valence-electron chi connectivity index (χ1n) is 7.45. The standard InChI is InChI=1S/C18H15N3OS/c1-12(13-7-3-2-4-8-13)19-17(22)15-11-14-18(23-15)20-16-9-5-6-10-21(14)16/h2-12H,1H3,(H,19,22). The van der Waals surface area contributed by atoms with Gasteiger partial charge in [0.25, 0.3) is 5.91 Å². The highest BCUT2D eigenvalue weighted by Gasteiger charge is 2.16. The Labute approximate surface area is 137 Å². The van der Waals surface area contributed by atoms with E-state index in [0.717, 1.165) is 21.6 Å². The lowest BCUT2D eigenvalue weighted by Gasteiger charge is -2.13. The molecule has 5 heteroatoms. The van der Waals surface area contributed by atoms with E-state index in [-0.39, 0.29) is 11.9 Å². The summed E-state index contributed by atoms with van der Waals surface area (Å²) in [5.41, 5.74) is 2.97. The lowest BCUT2D eigenvalue weighted by molar-refractivity contribution is 0.0944. The van der Waals surface area contributed by atoms with Gasteiger partial charge in [-0.2, -0.15) is 0 Å². The summed E-state index contributed by atoms with van der Waals surface area (Å²) in [6.45, 7) is 1.99. The monoisotopic (exact) mass is 321 g/mol. The lowest BCUT2D eigenvalue weighted by atomic mass is 10.1. The molecule has 23 heavy (non-hydrogen) atoms. The number of nitrogens with zero attached hydrogens (tertiary/aromatic N) is 2. The van der Waals surface area contributed by atoms with Gasteiger partial charge in [0.05, 0.1) is 16.4 Å². The van der Waals surface area contributed by atoms with E-state index in [1.165, 1.54) is 11.3 Å². The van der Waals surface area contributed by atoms with Crippen LogP contribution in [0.2, 0.25) is 0 Å². The van der Waals surface area contributed by atoms with E-state index < -0.39 is 0 Å². The number of amides is 1. The molecule has 4 rings (SSSR count). The van der Waals surface area contributed by atoms with Crippen LogP contribution < -0.4 is 5.32 Å². The number of fused-ring (bicyclic) bond motifs is 3. The normalized spacial score (nSPS) is 12.6. The topological polar surface area (TPSA) is 46.4 Å². The minimum Gasteiger partial charge on any atom is -0.345 e. The summed E-state index contributed by atoms with van der Waals surface area (Å²) in [6, 6.07) is 17.7. The van der Waals surface area contributed by atoms with Crippen molar-refractivity contribution < 1.29 is 4.79 Å². The maximum atomic E-state index is 12.5. The molecule has 0 fully saturated rings. The Balaban J connectivity index is 1.62. The van der Waals surface area contributed by atoms with Crippen molar-refractivity contribution in [3.63, 3.8) is 0 Å². The van der Waals surface area contributed by atoms with E-state index in [1.54, 1.807) is 0 Å². The van der Waals surface area contributed by atoms with Crippen molar-refractivity contribution in [1.29, 1.82) is 0 Å². The summed E-state index contributed by atoms with van der Waals surface area (Å²) < 4.78 is 2.00. The second kappa shape index (κ2) is 5.52. The number of aromatic nitrogens is 2. The van der Waals surface area contributed by atoms with E-state index in [1.807, 2.05) is 72.1 Å². The molecule has 0 aliphatic heterocycles. The molecule has 0 spiro atoms. The number of imidazole rings is 1. The Kier molecular flexibility index (Phi) is 3.35. The highest BCUT2D eigenvalue weighted by Crippen LogP contribution is 2.26. The summed E-state index contributed by atoms with van der Waals surface area (Å²) >= 11 is 1.42. The van der Waals surface area contributed by atoms with Crippen molar-refractivity contribution in [3.05, 3.63) is 71.2 Å². The zero-order valence-electron chi connectivity index (χ0n) is 12.6. The van der Waals surface area contributed by atoms with Gasteiger partial charge in [-0.25, -0.2) is 4.98 Å². The SMILES string of the molecule is CC(NC(=O)c1cc2c(nc3ccccn32)s1)c1ccccc1. The summed E-state index contributed by atoms with van der Waals surface area (Å²) in [7, 11) is 0. The molecule has 0 radical (unpaired) electrons. The van der Waals surface area contributed by atoms with Crippen molar-refractivity contribution >= 4 is 33.2 Å². The number of hydrogen-bond donors (Lipinski definition) is 1. The lowest BCUT2D eigenvalue weighted by Crippen LogP contribution is -2.25. The van der Waals surface area contributed by atoms with E-state index in [2.05, 4.69) is 10.3 Å².